The summed E-state index contributed by atoms with van der Waals surface area (Å²) in [4.78, 5) is 0. The van der Waals surface area contributed by atoms with E-state index in [2.05, 4.69) is 6.92 Å². The van der Waals surface area contributed by atoms with Gasteiger partial charge in [-0.25, -0.2) is 0 Å². The molecule has 0 saturated heterocycles. The highest BCUT2D eigenvalue weighted by Crippen LogP contribution is 2.30. The zero-order chi connectivity index (χ0) is 11.5. The number of aliphatic hydroxyl groups is 1. The van der Waals surface area contributed by atoms with E-state index >= 15 is 0 Å². The van der Waals surface area contributed by atoms with Gasteiger partial charge in [0.25, 0.3) is 0 Å². The molecule has 1 N–H and O–H groups in total. The minimum atomic E-state index is -0.852. The Morgan fingerprint density at radius 3 is 2.40 bits per heavy atom. The van der Waals surface area contributed by atoms with Crippen LogP contribution in [0.5, 0.6) is 5.75 Å². The molecule has 2 nitrogen and oxygen atoms in total. The molecule has 0 heterocycles. The average Bonchev–Trinajstić information content (AvgIpc) is 2.17. The van der Waals surface area contributed by atoms with Crippen molar-refractivity contribution in [2.45, 2.75) is 39.7 Å². The van der Waals surface area contributed by atoms with E-state index in [-0.39, 0.29) is 0 Å². The van der Waals surface area contributed by atoms with Gasteiger partial charge in [0.2, 0.25) is 0 Å². The number of hydrogen-bond donors (Lipinski definition) is 1. The molecule has 0 saturated carbocycles. The van der Waals surface area contributed by atoms with E-state index in [1.165, 1.54) is 5.56 Å². The van der Waals surface area contributed by atoms with Gasteiger partial charge in [-0.1, -0.05) is 13.0 Å². The fourth-order valence-electron chi connectivity index (χ4n) is 1.56. The van der Waals surface area contributed by atoms with Crippen molar-refractivity contribution in [3.05, 3.63) is 29.3 Å². The Morgan fingerprint density at radius 2 is 1.93 bits per heavy atom. The van der Waals surface area contributed by atoms with Crippen LogP contribution < -0.4 is 4.74 Å². The molecular weight excluding hydrogens is 188 g/mol. The van der Waals surface area contributed by atoms with Crippen LogP contribution in [0.4, 0.5) is 0 Å². The first-order valence-corrected chi connectivity index (χ1v) is 5.47. The van der Waals surface area contributed by atoms with Crippen LogP contribution in [0.3, 0.4) is 0 Å². The van der Waals surface area contributed by atoms with Gasteiger partial charge in [-0.3, -0.25) is 0 Å². The molecule has 15 heavy (non-hydrogen) atoms. The van der Waals surface area contributed by atoms with Gasteiger partial charge >= 0.3 is 0 Å². The Hall–Kier alpha value is -1.02. The van der Waals surface area contributed by atoms with Crippen molar-refractivity contribution >= 4 is 0 Å². The maximum absolute atomic E-state index is 10.0. The van der Waals surface area contributed by atoms with E-state index < -0.39 is 5.60 Å². The van der Waals surface area contributed by atoms with Gasteiger partial charge < -0.3 is 9.84 Å². The van der Waals surface area contributed by atoms with E-state index in [4.69, 9.17) is 4.74 Å². The lowest BCUT2D eigenvalue weighted by molar-refractivity contribution is 0.0748. The smallest absolute Gasteiger partial charge is 0.125 e. The predicted octanol–water partition coefficient (Wildman–Crippen LogP) is 2.88. The van der Waals surface area contributed by atoms with Crippen LogP contribution >= 0.6 is 0 Å². The van der Waals surface area contributed by atoms with Gasteiger partial charge in [0.05, 0.1) is 12.2 Å². The van der Waals surface area contributed by atoms with Gasteiger partial charge in [0.15, 0.2) is 0 Å². The van der Waals surface area contributed by atoms with Crippen molar-refractivity contribution in [3.8, 4) is 5.75 Å². The maximum atomic E-state index is 10.0. The molecule has 0 fully saturated rings. The van der Waals surface area contributed by atoms with Crippen LogP contribution in [0.2, 0.25) is 0 Å². The second kappa shape index (κ2) is 4.67. The summed E-state index contributed by atoms with van der Waals surface area (Å²) in [6.45, 7) is 8.23. The Bertz CT molecular complexity index is 324. The monoisotopic (exact) mass is 208 g/mol. The molecule has 0 unspecified atom stereocenters. The first kappa shape index (κ1) is 12.1. The van der Waals surface area contributed by atoms with E-state index in [0.29, 0.717) is 6.61 Å². The summed E-state index contributed by atoms with van der Waals surface area (Å²) < 4.78 is 5.50. The van der Waals surface area contributed by atoms with Crippen molar-refractivity contribution in [1.29, 1.82) is 0 Å². The molecule has 1 aromatic carbocycles. The van der Waals surface area contributed by atoms with E-state index in [1.54, 1.807) is 13.8 Å². The van der Waals surface area contributed by atoms with Crippen molar-refractivity contribution in [2.24, 2.45) is 0 Å². The molecular formula is C13H20O2. The molecule has 84 valence electrons. The predicted molar refractivity (Wildman–Crippen MR) is 62.2 cm³/mol. The second-order valence-corrected chi connectivity index (χ2v) is 4.18. The van der Waals surface area contributed by atoms with Crippen LogP contribution in [0.25, 0.3) is 0 Å². The minimum absolute atomic E-state index is 0.620. The van der Waals surface area contributed by atoms with Crippen molar-refractivity contribution in [1.82, 2.24) is 0 Å². The molecule has 0 bridgehead atoms. The van der Waals surface area contributed by atoms with Crippen molar-refractivity contribution in [3.63, 3.8) is 0 Å². The second-order valence-electron chi connectivity index (χ2n) is 4.18. The molecule has 0 spiro atoms. The van der Waals surface area contributed by atoms with Crippen LogP contribution in [0.15, 0.2) is 18.2 Å². The van der Waals surface area contributed by atoms with Crippen LogP contribution in [0, 0.1) is 0 Å². The Labute approximate surface area is 91.9 Å². The first-order chi connectivity index (χ1) is 6.99. The summed E-state index contributed by atoms with van der Waals surface area (Å²) in [5, 5.41) is 10.0. The number of rotatable bonds is 4. The largest absolute Gasteiger partial charge is 0.493 e. The topological polar surface area (TPSA) is 29.5 Å². The highest BCUT2D eigenvalue weighted by atomic mass is 16.5. The van der Waals surface area contributed by atoms with E-state index in [1.807, 2.05) is 25.1 Å². The average molecular weight is 208 g/mol. The standard InChI is InChI=1S/C13H20O2/c1-5-10-7-8-12(15-6-2)11(9-10)13(3,4)14/h7-9,14H,5-6H2,1-4H3. The summed E-state index contributed by atoms with van der Waals surface area (Å²) in [5.41, 5.74) is 1.23. The third-order valence-corrected chi connectivity index (χ3v) is 2.41. The quantitative estimate of drug-likeness (QED) is 0.824. The Morgan fingerprint density at radius 1 is 1.27 bits per heavy atom. The lowest BCUT2D eigenvalue weighted by Gasteiger charge is -2.22. The maximum Gasteiger partial charge on any atom is 0.125 e. The Kier molecular flexibility index (Phi) is 3.75. The SMILES string of the molecule is CCOc1ccc(CC)cc1C(C)(C)O. The van der Waals surface area contributed by atoms with Gasteiger partial charge in [-0.05, 0) is 44.9 Å². The zero-order valence-electron chi connectivity index (χ0n) is 10.0. The van der Waals surface area contributed by atoms with Crippen LogP contribution in [-0.4, -0.2) is 11.7 Å². The van der Waals surface area contributed by atoms with Crippen LogP contribution in [-0.2, 0) is 12.0 Å². The molecule has 0 aliphatic rings. The zero-order valence-corrected chi connectivity index (χ0v) is 10.0. The molecule has 0 aliphatic heterocycles. The molecule has 0 atom stereocenters. The highest BCUT2D eigenvalue weighted by molar-refractivity contribution is 5.40. The number of benzene rings is 1. The molecule has 2 heteroatoms. The minimum Gasteiger partial charge on any atom is -0.493 e. The van der Waals surface area contributed by atoms with Gasteiger partial charge in [-0.2, -0.15) is 0 Å². The Balaban J connectivity index is 3.16. The third-order valence-electron chi connectivity index (χ3n) is 2.41. The lowest BCUT2D eigenvalue weighted by atomic mass is 9.95. The molecule has 1 aromatic rings. The molecule has 0 aliphatic carbocycles. The normalized spacial score (nSPS) is 11.5. The van der Waals surface area contributed by atoms with Gasteiger partial charge in [0, 0.05) is 5.56 Å². The fraction of sp³-hybridized carbons (Fsp3) is 0.538. The summed E-state index contributed by atoms with van der Waals surface area (Å²) in [6, 6.07) is 6.00. The van der Waals surface area contributed by atoms with E-state index in [9.17, 15) is 5.11 Å². The number of aryl methyl sites for hydroxylation is 1. The lowest BCUT2D eigenvalue weighted by Crippen LogP contribution is -2.17. The number of ether oxygens (including phenoxy) is 1. The van der Waals surface area contributed by atoms with Crippen molar-refractivity contribution < 1.29 is 9.84 Å². The molecule has 0 radical (unpaired) electrons. The van der Waals surface area contributed by atoms with Gasteiger partial charge in [-0.15, -0.1) is 0 Å². The molecule has 1 rings (SSSR count). The summed E-state index contributed by atoms with van der Waals surface area (Å²) in [6.07, 6.45) is 0.968. The van der Waals surface area contributed by atoms with Gasteiger partial charge in [0.1, 0.15) is 5.75 Å². The van der Waals surface area contributed by atoms with E-state index in [0.717, 1.165) is 17.7 Å². The van der Waals surface area contributed by atoms with Crippen molar-refractivity contribution in [2.75, 3.05) is 6.61 Å². The summed E-state index contributed by atoms with van der Waals surface area (Å²) in [7, 11) is 0. The summed E-state index contributed by atoms with van der Waals surface area (Å²) >= 11 is 0. The molecule has 0 amide bonds. The van der Waals surface area contributed by atoms with Crippen LogP contribution in [0.1, 0.15) is 38.8 Å². The highest BCUT2D eigenvalue weighted by Gasteiger charge is 2.21. The fourth-order valence-corrected chi connectivity index (χ4v) is 1.56. The third kappa shape index (κ3) is 2.96. The number of hydrogen-bond acceptors (Lipinski definition) is 2. The molecule has 0 aromatic heterocycles. The first-order valence-electron chi connectivity index (χ1n) is 5.47. The summed E-state index contributed by atoms with van der Waals surface area (Å²) in [5.74, 6) is 0.780.